The highest BCUT2D eigenvalue weighted by Gasteiger charge is 2.33. The second-order valence-corrected chi connectivity index (χ2v) is 7.39. The van der Waals surface area contributed by atoms with Gasteiger partial charge in [0.05, 0.1) is 17.3 Å². The van der Waals surface area contributed by atoms with Crippen LogP contribution in [0.4, 0.5) is 0 Å². The summed E-state index contributed by atoms with van der Waals surface area (Å²) in [4.78, 5) is 0.341. The predicted octanol–water partition coefficient (Wildman–Crippen LogP) is 2.56. The standard InChI is InChI=1S/C15H20O4S/c1-12(14-11-18-15(2,3)19-14)9-10-20(16,17)13-7-5-4-6-8-13/h4-9,14H,10-11H2,1-3H3/b12-9-/t14-/m1/s1. The normalized spacial score (nSPS) is 22.9. The van der Waals surface area contributed by atoms with E-state index in [0.717, 1.165) is 5.57 Å². The molecule has 1 aliphatic heterocycles. The lowest BCUT2D eigenvalue weighted by atomic mass is 10.2. The molecule has 1 heterocycles. The fraction of sp³-hybridized carbons (Fsp3) is 0.467. The van der Waals surface area contributed by atoms with Crippen LogP contribution in [-0.2, 0) is 19.3 Å². The van der Waals surface area contributed by atoms with Crippen molar-refractivity contribution in [1.82, 2.24) is 0 Å². The molecule has 0 radical (unpaired) electrons. The summed E-state index contributed by atoms with van der Waals surface area (Å²) in [6, 6.07) is 8.46. The number of benzene rings is 1. The quantitative estimate of drug-likeness (QED) is 0.801. The molecular weight excluding hydrogens is 276 g/mol. The predicted molar refractivity (Wildman–Crippen MR) is 77.2 cm³/mol. The monoisotopic (exact) mass is 296 g/mol. The number of sulfone groups is 1. The Morgan fingerprint density at radius 1 is 1.35 bits per heavy atom. The van der Waals surface area contributed by atoms with Gasteiger partial charge in [0.2, 0.25) is 0 Å². The van der Waals surface area contributed by atoms with Crippen LogP contribution in [0.15, 0.2) is 46.9 Å². The first-order valence-electron chi connectivity index (χ1n) is 6.56. The van der Waals surface area contributed by atoms with Gasteiger partial charge in [0, 0.05) is 0 Å². The smallest absolute Gasteiger partial charge is 0.181 e. The summed E-state index contributed by atoms with van der Waals surface area (Å²) in [5, 5.41) is 0. The number of hydrogen-bond acceptors (Lipinski definition) is 4. The third-order valence-electron chi connectivity index (χ3n) is 3.24. The first-order valence-corrected chi connectivity index (χ1v) is 8.22. The third-order valence-corrected chi connectivity index (χ3v) is 4.84. The van der Waals surface area contributed by atoms with Crippen LogP contribution < -0.4 is 0 Å². The van der Waals surface area contributed by atoms with Crippen LogP contribution in [0.5, 0.6) is 0 Å². The van der Waals surface area contributed by atoms with Gasteiger partial charge in [-0.2, -0.15) is 0 Å². The molecule has 1 fully saturated rings. The van der Waals surface area contributed by atoms with Gasteiger partial charge >= 0.3 is 0 Å². The van der Waals surface area contributed by atoms with E-state index in [4.69, 9.17) is 9.47 Å². The molecule has 5 heteroatoms. The summed E-state index contributed by atoms with van der Waals surface area (Å²) < 4.78 is 35.5. The highest BCUT2D eigenvalue weighted by atomic mass is 32.2. The molecular formula is C15H20O4S. The molecule has 4 nitrogen and oxygen atoms in total. The highest BCUT2D eigenvalue weighted by Crippen LogP contribution is 2.26. The minimum atomic E-state index is -3.29. The van der Waals surface area contributed by atoms with Crippen molar-refractivity contribution in [2.24, 2.45) is 0 Å². The maximum atomic E-state index is 12.2. The number of ether oxygens (including phenoxy) is 2. The highest BCUT2D eigenvalue weighted by molar-refractivity contribution is 7.91. The lowest BCUT2D eigenvalue weighted by molar-refractivity contribution is -0.134. The minimum Gasteiger partial charge on any atom is -0.347 e. The zero-order valence-corrected chi connectivity index (χ0v) is 12.8. The zero-order chi connectivity index (χ0) is 14.8. The van der Waals surface area contributed by atoms with Crippen LogP contribution in [0.25, 0.3) is 0 Å². The van der Waals surface area contributed by atoms with Crippen molar-refractivity contribution >= 4 is 9.84 Å². The summed E-state index contributed by atoms with van der Waals surface area (Å²) in [6.07, 6.45) is 1.54. The summed E-state index contributed by atoms with van der Waals surface area (Å²) in [5.41, 5.74) is 0.884. The van der Waals surface area contributed by atoms with E-state index >= 15 is 0 Å². The van der Waals surface area contributed by atoms with Gasteiger partial charge < -0.3 is 9.47 Å². The van der Waals surface area contributed by atoms with E-state index in [0.29, 0.717) is 11.5 Å². The van der Waals surface area contributed by atoms with Gasteiger partial charge in [-0.3, -0.25) is 0 Å². The molecule has 2 rings (SSSR count). The molecule has 20 heavy (non-hydrogen) atoms. The van der Waals surface area contributed by atoms with Gasteiger partial charge in [-0.25, -0.2) is 8.42 Å². The van der Waals surface area contributed by atoms with Crippen LogP contribution in [0.1, 0.15) is 20.8 Å². The Morgan fingerprint density at radius 3 is 2.55 bits per heavy atom. The Balaban J connectivity index is 2.06. The summed E-state index contributed by atoms with van der Waals surface area (Å²) in [7, 11) is -3.29. The molecule has 0 spiro atoms. The Bertz CT molecular complexity index is 588. The van der Waals surface area contributed by atoms with Gasteiger partial charge in [-0.05, 0) is 38.5 Å². The van der Waals surface area contributed by atoms with E-state index in [2.05, 4.69) is 0 Å². The van der Waals surface area contributed by atoms with E-state index in [9.17, 15) is 8.42 Å². The molecule has 1 aromatic rings. The summed E-state index contributed by atoms with van der Waals surface area (Å²) >= 11 is 0. The van der Waals surface area contributed by atoms with Crippen molar-refractivity contribution in [1.29, 1.82) is 0 Å². The van der Waals surface area contributed by atoms with E-state index < -0.39 is 15.6 Å². The molecule has 1 atom stereocenters. The molecule has 0 unspecified atom stereocenters. The summed E-state index contributed by atoms with van der Waals surface area (Å²) in [5.74, 6) is -0.624. The molecule has 1 aliphatic rings. The Hall–Kier alpha value is -1.17. The maximum Gasteiger partial charge on any atom is 0.181 e. The second-order valence-electron chi connectivity index (χ2n) is 5.36. The van der Waals surface area contributed by atoms with Crippen LogP contribution in [0, 0.1) is 0 Å². The Kier molecular flexibility index (Phi) is 4.32. The van der Waals surface area contributed by atoms with Gasteiger partial charge in [0.15, 0.2) is 15.6 Å². The first-order chi connectivity index (χ1) is 9.30. The molecule has 0 saturated carbocycles. The van der Waals surface area contributed by atoms with Gasteiger partial charge in [0.25, 0.3) is 0 Å². The first kappa shape index (κ1) is 15.2. The van der Waals surface area contributed by atoms with Crippen LogP contribution in [-0.4, -0.2) is 32.7 Å². The lowest BCUT2D eigenvalue weighted by Gasteiger charge is -2.17. The van der Waals surface area contributed by atoms with Gasteiger partial charge in [-0.15, -0.1) is 0 Å². The summed E-state index contributed by atoms with van der Waals surface area (Å²) in [6.45, 7) is 6.03. The van der Waals surface area contributed by atoms with E-state index in [1.807, 2.05) is 20.8 Å². The average molecular weight is 296 g/mol. The zero-order valence-electron chi connectivity index (χ0n) is 12.0. The molecule has 0 amide bonds. The van der Waals surface area contributed by atoms with Crippen molar-refractivity contribution in [2.75, 3.05) is 12.4 Å². The van der Waals surface area contributed by atoms with Crippen molar-refractivity contribution < 1.29 is 17.9 Å². The maximum absolute atomic E-state index is 12.2. The molecule has 110 valence electrons. The van der Waals surface area contributed by atoms with Gasteiger partial charge in [0.1, 0.15) is 6.10 Å². The fourth-order valence-corrected chi connectivity index (χ4v) is 3.25. The molecule has 0 aromatic heterocycles. The molecule has 0 aliphatic carbocycles. The molecule has 1 saturated heterocycles. The fourth-order valence-electron chi connectivity index (χ4n) is 2.01. The van der Waals surface area contributed by atoms with Crippen molar-refractivity contribution in [2.45, 2.75) is 37.6 Å². The number of hydrogen-bond donors (Lipinski definition) is 0. The molecule has 1 aromatic carbocycles. The SMILES string of the molecule is C/C(=C/CS(=O)(=O)c1ccccc1)[C@H]1COC(C)(C)O1. The Labute approximate surface area is 120 Å². The van der Waals surface area contributed by atoms with E-state index in [1.54, 1.807) is 36.4 Å². The third kappa shape index (κ3) is 3.69. The van der Waals surface area contributed by atoms with Crippen molar-refractivity contribution in [3.63, 3.8) is 0 Å². The van der Waals surface area contributed by atoms with E-state index in [1.165, 1.54) is 0 Å². The topological polar surface area (TPSA) is 52.6 Å². The van der Waals surface area contributed by atoms with Crippen LogP contribution in [0.3, 0.4) is 0 Å². The molecule has 0 N–H and O–H groups in total. The van der Waals surface area contributed by atoms with E-state index in [-0.39, 0.29) is 11.9 Å². The van der Waals surface area contributed by atoms with Crippen molar-refractivity contribution in [3.8, 4) is 0 Å². The second kappa shape index (κ2) is 5.68. The van der Waals surface area contributed by atoms with Crippen LogP contribution >= 0.6 is 0 Å². The Morgan fingerprint density at radius 2 is 2.00 bits per heavy atom. The average Bonchev–Trinajstić information content (AvgIpc) is 2.78. The number of rotatable bonds is 4. The van der Waals surface area contributed by atoms with Crippen molar-refractivity contribution in [3.05, 3.63) is 42.0 Å². The van der Waals surface area contributed by atoms with Crippen LogP contribution in [0.2, 0.25) is 0 Å². The molecule has 0 bridgehead atoms. The minimum absolute atomic E-state index is 0.0247. The lowest BCUT2D eigenvalue weighted by Crippen LogP contribution is -2.22. The largest absolute Gasteiger partial charge is 0.347 e. The van der Waals surface area contributed by atoms with Gasteiger partial charge in [-0.1, -0.05) is 24.3 Å².